The highest BCUT2D eigenvalue weighted by Gasteiger charge is 2.33. The van der Waals surface area contributed by atoms with Crippen LogP contribution in [0.4, 0.5) is 4.39 Å². The van der Waals surface area contributed by atoms with Gasteiger partial charge >= 0.3 is 0 Å². The molecule has 3 nitrogen and oxygen atoms in total. The van der Waals surface area contributed by atoms with Crippen LogP contribution in [0.3, 0.4) is 0 Å². The van der Waals surface area contributed by atoms with Crippen LogP contribution in [-0.4, -0.2) is 19.4 Å². The lowest BCUT2D eigenvalue weighted by molar-refractivity contribution is -0.128. The van der Waals surface area contributed by atoms with Gasteiger partial charge in [-0.1, -0.05) is 26.0 Å². The van der Waals surface area contributed by atoms with Crippen molar-refractivity contribution in [1.29, 1.82) is 0 Å². The Morgan fingerprint density at radius 1 is 1.37 bits per heavy atom. The monoisotopic (exact) mass is 267 g/mol. The third kappa shape index (κ3) is 3.13. The molecular formula is C15H22FNO2. The van der Waals surface area contributed by atoms with E-state index in [9.17, 15) is 9.18 Å². The number of carbonyl (C=O) groups is 1. The van der Waals surface area contributed by atoms with Gasteiger partial charge in [0.2, 0.25) is 0 Å². The quantitative estimate of drug-likeness (QED) is 0.826. The SMILES string of the molecule is CCC(CC)(CN)C(=O)Cc1cccc(OC)c1F. The highest BCUT2D eigenvalue weighted by molar-refractivity contribution is 5.87. The number of hydrogen-bond acceptors (Lipinski definition) is 3. The van der Waals surface area contributed by atoms with Crippen LogP contribution in [0, 0.1) is 11.2 Å². The maximum absolute atomic E-state index is 14.0. The van der Waals surface area contributed by atoms with Gasteiger partial charge in [-0.2, -0.15) is 0 Å². The van der Waals surface area contributed by atoms with E-state index in [1.165, 1.54) is 7.11 Å². The minimum absolute atomic E-state index is 0.00727. The number of halogens is 1. The second kappa shape index (κ2) is 6.66. The molecule has 0 amide bonds. The number of nitrogens with two attached hydrogens (primary N) is 1. The van der Waals surface area contributed by atoms with Crippen molar-refractivity contribution >= 4 is 5.78 Å². The van der Waals surface area contributed by atoms with E-state index in [1.807, 2.05) is 13.8 Å². The molecule has 19 heavy (non-hydrogen) atoms. The molecular weight excluding hydrogens is 245 g/mol. The summed E-state index contributed by atoms with van der Waals surface area (Å²) in [5.74, 6) is -0.305. The van der Waals surface area contributed by atoms with Crippen LogP contribution in [0.25, 0.3) is 0 Å². The average molecular weight is 267 g/mol. The minimum Gasteiger partial charge on any atom is -0.494 e. The summed E-state index contributed by atoms with van der Waals surface area (Å²) in [6.45, 7) is 4.18. The van der Waals surface area contributed by atoms with Gasteiger partial charge in [-0.3, -0.25) is 4.79 Å². The summed E-state index contributed by atoms with van der Waals surface area (Å²) >= 11 is 0. The fourth-order valence-corrected chi connectivity index (χ4v) is 2.26. The molecule has 1 rings (SSSR count). The summed E-state index contributed by atoms with van der Waals surface area (Å²) in [6.07, 6.45) is 1.40. The smallest absolute Gasteiger partial charge is 0.168 e. The van der Waals surface area contributed by atoms with Crippen molar-refractivity contribution in [3.8, 4) is 5.75 Å². The third-order valence-electron chi connectivity index (χ3n) is 3.95. The summed E-state index contributed by atoms with van der Waals surface area (Å²) in [5, 5.41) is 0. The van der Waals surface area contributed by atoms with Crippen molar-refractivity contribution in [1.82, 2.24) is 0 Å². The van der Waals surface area contributed by atoms with E-state index >= 15 is 0 Å². The van der Waals surface area contributed by atoms with Gasteiger partial charge in [0.25, 0.3) is 0 Å². The molecule has 0 spiro atoms. The van der Waals surface area contributed by atoms with E-state index < -0.39 is 11.2 Å². The molecule has 0 fully saturated rings. The van der Waals surface area contributed by atoms with Gasteiger partial charge in [-0.15, -0.1) is 0 Å². The van der Waals surface area contributed by atoms with Crippen molar-refractivity contribution < 1.29 is 13.9 Å². The maximum Gasteiger partial charge on any atom is 0.168 e. The Morgan fingerprint density at radius 2 is 2.00 bits per heavy atom. The molecule has 0 unspecified atom stereocenters. The molecule has 0 heterocycles. The predicted molar refractivity (Wildman–Crippen MR) is 73.7 cm³/mol. The van der Waals surface area contributed by atoms with E-state index in [0.29, 0.717) is 24.9 Å². The minimum atomic E-state index is -0.546. The summed E-state index contributed by atoms with van der Waals surface area (Å²) in [7, 11) is 1.41. The Bertz CT molecular complexity index is 434. The van der Waals surface area contributed by atoms with Crippen molar-refractivity contribution in [2.24, 2.45) is 11.1 Å². The van der Waals surface area contributed by atoms with Crippen LogP contribution in [0.2, 0.25) is 0 Å². The number of hydrogen-bond donors (Lipinski definition) is 1. The fourth-order valence-electron chi connectivity index (χ4n) is 2.26. The van der Waals surface area contributed by atoms with Crippen LogP contribution >= 0.6 is 0 Å². The first-order valence-electron chi connectivity index (χ1n) is 6.59. The molecule has 0 saturated carbocycles. The van der Waals surface area contributed by atoms with Crippen LogP contribution < -0.4 is 10.5 Å². The second-order valence-electron chi connectivity index (χ2n) is 4.72. The van der Waals surface area contributed by atoms with Gasteiger partial charge in [0.15, 0.2) is 11.6 Å². The zero-order valence-electron chi connectivity index (χ0n) is 11.8. The summed E-state index contributed by atoms with van der Waals surface area (Å²) in [6, 6.07) is 4.84. The van der Waals surface area contributed by atoms with E-state index in [1.54, 1.807) is 18.2 Å². The standard InChI is InChI=1S/C15H22FNO2/c1-4-15(5-2,10-17)13(18)9-11-7-6-8-12(19-3)14(11)16/h6-8H,4-5,9-10,17H2,1-3H3. The zero-order valence-corrected chi connectivity index (χ0v) is 11.8. The van der Waals surface area contributed by atoms with Crippen LogP contribution in [0.5, 0.6) is 5.75 Å². The lowest BCUT2D eigenvalue weighted by Crippen LogP contribution is -2.38. The van der Waals surface area contributed by atoms with Gasteiger partial charge in [0.05, 0.1) is 7.11 Å². The topological polar surface area (TPSA) is 52.3 Å². The van der Waals surface area contributed by atoms with Crippen LogP contribution in [-0.2, 0) is 11.2 Å². The fraction of sp³-hybridized carbons (Fsp3) is 0.533. The maximum atomic E-state index is 14.0. The van der Waals surface area contributed by atoms with Crippen molar-refractivity contribution in [3.63, 3.8) is 0 Å². The number of ether oxygens (including phenoxy) is 1. The number of carbonyl (C=O) groups excluding carboxylic acids is 1. The normalized spacial score (nSPS) is 11.4. The average Bonchev–Trinajstić information content (AvgIpc) is 2.44. The van der Waals surface area contributed by atoms with Gasteiger partial charge < -0.3 is 10.5 Å². The Balaban J connectivity index is 2.99. The summed E-state index contributed by atoms with van der Waals surface area (Å²) < 4.78 is 18.9. The number of benzene rings is 1. The molecule has 106 valence electrons. The highest BCUT2D eigenvalue weighted by Crippen LogP contribution is 2.29. The number of rotatable bonds is 7. The van der Waals surface area contributed by atoms with E-state index in [4.69, 9.17) is 10.5 Å². The summed E-state index contributed by atoms with van der Waals surface area (Å²) in [5.41, 5.74) is 5.56. The lowest BCUT2D eigenvalue weighted by Gasteiger charge is -2.28. The largest absolute Gasteiger partial charge is 0.494 e. The highest BCUT2D eigenvalue weighted by atomic mass is 19.1. The molecule has 2 N–H and O–H groups in total. The first kappa shape index (κ1) is 15.6. The molecule has 1 aromatic carbocycles. The van der Waals surface area contributed by atoms with Crippen molar-refractivity contribution in [2.75, 3.05) is 13.7 Å². The van der Waals surface area contributed by atoms with Crippen molar-refractivity contribution in [3.05, 3.63) is 29.6 Å². The molecule has 0 aliphatic carbocycles. The molecule has 1 aromatic rings. The second-order valence-corrected chi connectivity index (χ2v) is 4.72. The van der Waals surface area contributed by atoms with Gasteiger partial charge in [0, 0.05) is 18.4 Å². The number of ketones is 1. The van der Waals surface area contributed by atoms with Crippen molar-refractivity contribution in [2.45, 2.75) is 33.1 Å². The number of methoxy groups -OCH3 is 1. The molecule has 0 aliphatic rings. The van der Waals surface area contributed by atoms with E-state index in [-0.39, 0.29) is 18.0 Å². The predicted octanol–water partition coefficient (Wildman–Crippen LogP) is 2.71. The molecule has 0 radical (unpaired) electrons. The van der Waals surface area contributed by atoms with E-state index in [0.717, 1.165) is 0 Å². The molecule has 0 atom stereocenters. The molecule has 4 heteroatoms. The zero-order chi connectivity index (χ0) is 14.5. The van der Waals surface area contributed by atoms with Gasteiger partial charge in [-0.25, -0.2) is 4.39 Å². The Labute approximate surface area is 113 Å². The van der Waals surface area contributed by atoms with Gasteiger partial charge in [0.1, 0.15) is 5.78 Å². The molecule has 0 aliphatic heterocycles. The summed E-state index contributed by atoms with van der Waals surface area (Å²) in [4.78, 5) is 12.4. The lowest BCUT2D eigenvalue weighted by atomic mass is 9.76. The molecule has 0 saturated heterocycles. The Hall–Kier alpha value is -1.42. The van der Waals surface area contributed by atoms with Crippen LogP contribution in [0.1, 0.15) is 32.3 Å². The van der Waals surface area contributed by atoms with Crippen LogP contribution in [0.15, 0.2) is 18.2 Å². The van der Waals surface area contributed by atoms with Gasteiger partial charge in [-0.05, 0) is 24.5 Å². The Kier molecular flexibility index (Phi) is 5.48. The first-order valence-corrected chi connectivity index (χ1v) is 6.59. The number of Topliss-reactive ketones (excluding diaryl/α,β-unsaturated/α-hetero) is 1. The first-order chi connectivity index (χ1) is 9.04. The molecule has 0 bridgehead atoms. The molecule has 0 aromatic heterocycles. The van der Waals surface area contributed by atoms with E-state index in [2.05, 4.69) is 0 Å². The Morgan fingerprint density at radius 3 is 2.47 bits per heavy atom. The third-order valence-corrected chi connectivity index (χ3v) is 3.95.